The molecule has 0 unspecified atom stereocenters. The lowest BCUT2D eigenvalue weighted by molar-refractivity contribution is 0.0953. The number of nitrogens with one attached hydrogen (secondary N) is 2. The van der Waals surface area contributed by atoms with E-state index in [1.165, 1.54) is 11.9 Å². The Labute approximate surface area is 153 Å². The van der Waals surface area contributed by atoms with E-state index in [1.807, 2.05) is 43.3 Å². The van der Waals surface area contributed by atoms with E-state index in [2.05, 4.69) is 39.7 Å². The lowest BCUT2D eigenvalue weighted by atomic mass is 10.1. The fourth-order valence-electron chi connectivity index (χ4n) is 2.53. The van der Waals surface area contributed by atoms with Gasteiger partial charge in [0, 0.05) is 29.4 Å². The molecule has 0 aliphatic heterocycles. The number of hydrogen-bond donors (Lipinski definition) is 2. The Bertz CT molecular complexity index is 891. The van der Waals surface area contributed by atoms with Crippen molar-refractivity contribution in [1.29, 1.82) is 0 Å². The smallest absolute Gasteiger partial charge is 0.251 e. The minimum Gasteiger partial charge on any atom is -0.352 e. The summed E-state index contributed by atoms with van der Waals surface area (Å²) in [5.74, 6) is 0.611. The first-order valence-corrected chi connectivity index (χ1v) is 8.70. The van der Waals surface area contributed by atoms with Crippen LogP contribution in [0.15, 0.2) is 60.9 Å². The van der Waals surface area contributed by atoms with E-state index in [0.717, 1.165) is 23.4 Å². The molecule has 0 aliphatic rings. The van der Waals surface area contributed by atoms with Crippen LogP contribution in [0.5, 0.6) is 0 Å². The average molecular weight is 346 g/mol. The van der Waals surface area contributed by atoms with Gasteiger partial charge >= 0.3 is 0 Å². The monoisotopic (exact) mass is 346 g/mol. The van der Waals surface area contributed by atoms with Crippen molar-refractivity contribution in [3.05, 3.63) is 72.1 Å². The van der Waals surface area contributed by atoms with Gasteiger partial charge < -0.3 is 10.6 Å². The lowest BCUT2D eigenvalue weighted by Crippen LogP contribution is -2.23. The molecule has 132 valence electrons. The summed E-state index contributed by atoms with van der Waals surface area (Å²) < 4.78 is 0. The molecule has 0 radical (unpaired) electrons. The number of carbonyl (C=O) groups is 1. The largest absolute Gasteiger partial charge is 0.352 e. The van der Waals surface area contributed by atoms with Crippen LogP contribution in [-0.4, -0.2) is 22.4 Å². The van der Waals surface area contributed by atoms with Crippen LogP contribution in [0.4, 0.5) is 11.5 Å². The summed E-state index contributed by atoms with van der Waals surface area (Å²) in [7, 11) is 0. The van der Waals surface area contributed by atoms with Gasteiger partial charge in [0.2, 0.25) is 0 Å². The topological polar surface area (TPSA) is 66.9 Å². The molecular weight excluding hydrogens is 324 g/mol. The summed E-state index contributed by atoms with van der Waals surface area (Å²) in [4.78, 5) is 20.7. The summed E-state index contributed by atoms with van der Waals surface area (Å²) in [5.41, 5.74) is 4.52. The SMILES string of the molecule is CCCNC(=O)c1cccc(Nc2cc(-c3ccc(C)cc3)ncn2)c1. The first-order chi connectivity index (χ1) is 12.7. The van der Waals surface area contributed by atoms with Gasteiger partial charge in [-0.3, -0.25) is 4.79 Å². The van der Waals surface area contributed by atoms with Crippen LogP contribution in [0.2, 0.25) is 0 Å². The number of amides is 1. The molecule has 1 amide bonds. The number of benzene rings is 2. The number of nitrogens with zero attached hydrogens (tertiary/aromatic N) is 2. The fraction of sp³-hybridized carbons (Fsp3) is 0.190. The molecule has 3 rings (SSSR count). The summed E-state index contributed by atoms with van der Waals surface area (Å²) in [6.45, 7) is 4.75. The minimum atomic E-state index is -0.0708. The Balaban J connectivity index is 1.78. The molecule has 0 aliphatic carbocycles. The quantitative estimate of drug-likeness (QED) is 0.697. The van der Waals surface area contributed by atoms with Crippen molar-refractivity contribution in [2.45, 2.75) is 20.3 Å². The van der Waals surface area contributed by atoms with Crippen molar-refractivity contribution in [3.8, 4) is 11.3 Å². The van der Waals surface area contributed by atoms with Gasteiger partial charge in [0.25, 0.3) is 5.91 Å². The molecule has 5 nitrogen and oxygen atoms in total. The van der Waals surface area contributed by atoms with Gasteiger partial charge in [-0.2, -0.15) is 0 Å². The third-order valence-corrected chi connectivity index (χ3v) is 3.95. The predicted molar refractivity (Wildman–Crippen MR) is 105 cm³/mol. The molecule has 0 saturated carbocycles. The van der Waals surface area contributed by atoms with E-state index in [9.17, 15) is 4.79 Å². The Hall–Kier alpha value is -3.21. The molecule has 0 spiro atoms. The van der Waals surface area contributed by atoms with Crippen molar-refractivity contribution in [1.82, 2.24) is 15.3 Å². The van der Waals surface area contributed by atoms with Gasteiger partial charge in [-0.1, -0.05) is 42.8 Å². The van der Waals surface area contributed by atoms with Crippen LogP contribution in [0.3, 0.4) is 0 Å². The number of anilines is 2. The maximum atomic E-state index is 12.1. The normalized spacial score (nSPS) is 10.4. The van der Waals surface area contributed by atoms with Crippen molar-refractivity contribution in [2.24, 2.45) is 0 Å². The van der Waals surface area contributed by atoms with Gasteiger partial charge in [0.15, 0.2) is 0 Å². The second-order valence-electron chi connectivity index (χ2n) is 6.12. The Morgan fingerprint density at radius 2 is 1.85 bits per heavy atom. The zero-order valence-electron chi connectivity index (χ0n) is 15.0. The van der Waals surface area contributed by atoms with Gasteiger partial charge in [0.05, 0.1) is 5.69 Å². The first kappa shape index (κ1) is 17.6. The van der Waals surface area contributed by atoms with E-state index in [-0.39, 0.29) is 5.91 Å². The molecule has 1 heterocycles. The van der Waals surface area contributed by atoms with Crippen LogP contribution in [0.25, 0.3) is 11.3 Å². The van der Waals surface area contributed by atoms with E-state index in [1.54, 1.807) is 6.07 Å². The Kier molecular flexibility index (Phi) is 5.59. The minimum absolute atomic E-state index is 0.0708. The molecule has 0 fully saturated rings. The summed E-state index contributed by atoms with van der Waals surface area (Å²) >= 11 is 0. The number of hydrogen-bond acceptors (Lipinski definition) is 4. The Morgan fingerprint density at radius 1 is 1.04 bits per heavy atom. The van der Waals surface area contributed by atoms with Crippen molar-refractivity contribution >= 4 is 17.4 Å². The highest BCUT2D eigenvalue weighted by Gasteiger charge is 2.07. The standard InChI is InChI=1S/C21H22N4O/c1-3-11-22-21(26)17-5-4-6-18(12-17)25-20-13-19(23-14-24-20)16-9-7-15(2)8-10-16/h4-10,12-14H,3,11H2,1-2H3,(H,22,26)(H,23,24,25). The molecular formula is C21H22N4O. The molecule has 2 N–H and O–H groups in total. The fourth-order valence-corrected chi connectivity index (χ4v) is 2.53. The number of aromatic nitrogens is 2. The second kappa shape index (κ2) is 8.25. The van der Waals surface area contributed by atoms with Gasteiger partial charge in [-0.25, -0.2) is 9.97 Å². The van der Waals surface area contributed by atoms with Gasteiger partial charge in [0.1, 0.15) is 12.1 Å². The van der Waals surface area contributed by atoms with E-state index in [0.29, 0.717) is 17.9 Å². The van der Waals surface area contributed by atoms with Gasteiger partial charge in [-0.05, 0) is 31.5 Å². The van der Waals surface area contributed by atoms with Crippen molar-refractivity contribution in [2.75, 3.05) is 11.9 Å². The average Bonchev–Trinajstić information content (AvgIpc) is 2.67. The third kappa shape index (κ3) is 4.45. The van der Waals surface area contributed by atoms with E-state index >= 15 is 0 Å². The highest BCUT2D eigenvalue weighted by atomic mass is 16.1. The molecule has 1 aromatic heterocycles. The highest BCUT2D eigenvalue weighted by Crippen LogP contribution is 2.22. The summed E-state index contributed by atoms with van der Waals surface area (Å²) in [6, 6.07) is 17.5. The van der Waals surface area contributed by atoms with Crippen LogP contribution >= 0.6 is 0 Å². The lowest BCUT2D eigenvalue weighted by Gasteiger charge is -2.09. The number of carbonyl (C=O) groups excluding carboxylic acids is 1. The second-order valence-corrected chi connectivity index (χ2v) is 6.12. The van der Waals surface area contributed by atoms with Crippen LogP contribution in [-0.2, 0) is 0 Å². The molecule has 26 heavy (non-hydrogen) atoms. The molecule has 5 heteroatoms. The molecule has 2 aromatic carbocycles. The zero-order valence-corrected chi connectivity index (χ0v) is 15.0. The summed E-state index contributed by atoms with van der Waals surface area (Å²) in [6.07, 6.45) is 2.45. The molecule has 3 aromatic rings. The maximum Gasteiger partial charge on any atom is 0.251 e. The number of rotatable bonds is 6. The van der Waals surface area contributed by atoms with Crippen LogP contribution < -0.4 is 10.6 Å². The molecule has 0 atom stereocenters. The Morgan fingerprint density at radius 3 is 2.62 bits per heavy atom. The van der Waals surface area contributed by atoms with Gasteiger partial charge in [-0.15, -0.1) is 0 Å². The zero-order chi connectivity index (χ0) is 18.4. The van der Waals surface area contributed by atoms with E-state index < -0.39 is 0 Å². The van der Waals surface area contributed by atoms with Crippen LogP contribution in [0.1, 0.15) is 29.3 Å². The highest BCUT2D eigenvalue weighted by molar-refractivity contribution is 5.95. The third-order valence-electron chi connectivity index (χ3n) is 3.95. The van der Waals surface area contributed by atoms with Crippen molar-refractivity contribution in [3.63, 3.8) is 0 Å². The van der Waals surface area contributed by atoms with E-state index in [4.69, 9.17) is 0 Å². The summed E-state index contributed by atoms with van der Waals surface area (Å²) in [5, 5.41) is 6.13. The first-order valence-electron chi connectivity index (χ1n) is 8.70. The maximum absolute atomic E-state index is 12.1. The van der Waals surface area contributed by atoms with Crippen LogP contribution in [0, 0.1) is 6.92 Å². The van der Waals surface area contributed by atoms with Crippen molar-refractivity contribution < 1.29 is 4.79 Å². The molecule has 0 bridgehead atoms. The number of aryl methyl sites for hydroxylation is 1. The predicted octanol–water partition coefficient (Wildman–Crippen LogP) is 4.34. The molecule has 0 saturated heterocycles.